The molecule has 15 nitrogen and oxygen atoms in total. The van der Waals surface area contributed by atoms with Gasteiger partial charge in [-0.2, -0.15) is 10.5 Å². The SMILES string of the molecule is C=Cc1ccc2c(-c3cc(C#N)c(N4CCN(C(=O)CCO)[C@H](C)C4)nc3C3CC3CC(C)[C@@H]3CN(c4nc(C5CC5)c(-c5cccc6nc(C=C)ncc56)cc4C#N)CCN3C(=O)CCOC)cccc2n1. The normalized spacial score (nSPS) is 20.1. The van der Waals surface area contributed by atoms with Crippen molar-refractivity contribution in [2.24, 2.45) is 11.8 Å². The van der Waals surface area contributed by atoms with Crippen LogP contribution in [0.3, 0.4) is 0 Å². The molecule has 2 saturated heterocycles. The number of rotatable bonds is 16. The minimum Gasteiger partial charge on any atom is -0.396 e. The molecule has 1 N–H and O–H groups in total. The van der Waals surface area contributed by atoms with Crippen molar-refractivity contribution in [3.8, 4) is 34.4 Å². The van der Waals surface area contributed by atoms with Crippen molar-refractivity contribution < 1.29 is 19.4 Å². The molecule has 4 aromatic heterocycles. The lowest BCUT2D eigenvalue weighted by Crippen LogP contribution is -2.58. The molecule has 0 spiro atoms. The Balaban J connectivity index is 0.975. The van der Waals surface area contributed by atoms with Crippen LogP contribution in [0.5, 0.6) is 0 Å². The minimum atomic E-state index is -0.201. The summed E-state index contributed by atoms with van der Waals surface area (Å²) in [6.45, 7) is 15.1. The molecule has 2 saturated carbocycles. The molecule has 6 aromatic rings. The van der Waals surface area contributed by atoms with Crippen molar-refractivity contribution in [2.45, 2.75) is 76.3 Å². The zero-order chi connectivity index (χ0) is 50.9. The maximum absolute atomic E-state index is 14.1. The zero-order valence-electron chi connectivity index (χ0n) is 41.9. The van der Waals surface area contributed by atoms with Crippen molar-refractivity contribution in [1.82, 2.24) is 34.7 Å². The Bertz CT molecular complexity index is 3230. The molecule has 10 rings (SSSR count). The Morgan fingerprint density at radius 3 is 2.08 bits per heavy atom. The first-order valence-corrected chi connectivity index (χ1v) is 25.6. The maximum atomic E-state index is 14.1. The Morgan fingerprint density at radius 2 is 1.44 bits per heavy atom. The van der Waals surface area contributed by atoms with Crippen LogP contribution in [0.1, 0.15) is 98.2 Å². The quantitative estimate of drug-likeness (QED) is 0.0973. The number of pyridine rings is 3. The van der Waals surface area contributed by atoms with Gasteiger partial charge in [0.2, 0.25) is 11.8 Å². The number of anilines is 2. The van der Waals surface area contributed by atoms with E-state index >= 15 is 0 Å². The molecule has 0 bridgehead atoms. The smallest absolute Gasteiger partial charge is 0.225 e. The van der Waals surface area contributed by atoms with Crippen molar-refractivity contribution in [3.05, 3.63) is 114 Å². The molecule has 4 fully saturated rings. The molecule has 372 valence electrons. The van der Waals surface area contributed by atoms with Gasteiger partial charge in [0.1, 0.15) is 23.8 Å². The van der Waals surface area contributed by atoms with Crippen LogP contribution in [0.4, 0.5) is 11.6 Å². The summed E-state index contributed by atoms with van der Waals surface area (Å²) in [7, 11) is 1.61. The average molecular weight is 976 g/mol. The predicted molar refractivity (Wildman–Crippen MR) is 283 cm³/mol. The van der Waals surface area contributed by atoms with Crippen LogP contribution in [-0.4, -0.2) is 123 Å². The number of aliphatic hydroxyl groups is 1. The van der Waals surface area contributed by atoms with Gasteiger partial charge in [-0.1, -0.05) is 50.4 Å². The summed E-state index contributed by atoms with van der Waals surface area (Å²) in [5.74, 6) is 2.41. The third kappa shape index (κ3) is 9.75. The number of aliphatic hydroxyl groups excluding tert-OH is 1. The highest BCUT2D eigenvalue weighted by molar-refractivity contribution is 5.97. The second kappa shape index (κ2) is 20.9. The van der Waals surface area contributed by atoms with E-state index in [-0.39, 0.29) is 67.0 Å². The molecule has 2 aliphatic heterocycles. The summed E-state index contributed by atoms with van der Waals surface area (Å²) >= 11 is 0. The summed E-state index contributed by atoms with van der Waals surface area (Å²) in [5.41, 5.74) is 8.94. The van der Waals surface area contributed by atoms with Crippen molar-refractivity contribution >= 4 is 57.4 Å². The Morgan fingerprint density at radius 1 is 0.795 bits per heavy atom. The number of benzene rings is 2. The maximum Gasteiger partial charge on any atom is 0.225 e. The van der Waals surface area contributed by atoms with Crippen molar-refractivity contribution in [2.75, 3.05) is 69.4 Å². The predicted octanol–water partition coefficient (Wildman–Crippen LogP) is 8.51. The first kappa shape index (κ1) is 49.0. The highest BCUT2D eigenvalue weighted by Crippen LogP contribution is 2.54. The Labute approximate surface area is 426 Å². The molecule has 73 heavy (non-hydrogen) atoms. The second-order valence-corrected chi connectivity index (χ2v) is 20.1. The van der Waals surface area contributed by atoms with Gasteiger partial charge in [-0.05, 0) is 98.1 Å². The van der Waals surface area contributed by atoms with Gasteiger partial charge in [0.15, 0.2) is 5.82 Å². The van der Waals surface area contributed by atoms with Crippen LogP contribution in [-0.2, 0) is 14.3 Å². The van der Waals surface area contributed by atoms with E-state index in [1.165, 1.54) is 0 Å². The second-order valence-electron chi connectivity index (χ2n) is 20.1. The van der Waals surface area contributed by atoms with Crippen molar-refractivity contribution in [1.29, 1.82) is 10.5 Å². The number of aromatic nitrogens is 5. The number of hydrogen-bond acceptors (Lipinski definition) is 13. The molecule has 2 aromatic carbocycles. The fraction of sp³-hybridized carbons (Fsp3) is 0.397. The van der Waals surface area contributed by atoms with E-state index in [4.69, 9.17) is 24.7 Å². The molecule has 3 unspecified atom stereocenters. The number of amides is 2. The fourth-order valence-electron chi connectivity index (χ4n) is 11.4. The summed E-state index contributed by atoms with van der Waals surface area (Å²) in [6, 6.07) is 24.7. The highest BCUT2D eigenvalue weighted by atomic mass is 16.5. The van der Waals surface area contributed by atoms with Gasteiger partial charge in [0.05, 0.1) is 64.9 Å². The first-order chi connectivity index (χ1) is 35.5. The van der Waals surface area contributed by atoms with E-state index in [1.54, 1.807) is 19.3 Å². The summed E-state index contributed by atoms with van der Waals surface area (Å²) < 4.78 is 5.39. The molecular formula is C58H61N11O4. The number of hydrogen-bond donors (Lipinski definition) is 1. The number of carbonyl (C=O) groups excluding carboxylic acids is 2. The van der Waals surface area contributed by atoms with Crippen LogP contribution < -0.4 is 9.80 Å². The van der Waals surface area contributed by atoms with Crippen LogP contribution in [0.25, 0.3) is 56.2 Å². The molecule has 2 amide bonds. The molecule has 15 heteroatoms. The number of ether oxygens (including phenoxy) is 1. The number of nitriles is 2. The lowest BCUT2D eigenvalue weighted by molar-refractivity contribution is -0.136. The van der Waals surface area contributed by atoms with Crippen LogP contribution in [0.2, 0.25) is 0 Å². The summed E-state index contributed by atoms with van der Waals surface area (Å²) in [4.78, 5) is 60.1. The first-order valence-electron chi connectivity index (χ1n) is 25.6. The van der Waals surface area contributed by atoms with Gasteiger partial charge in [0.25, 0.3) is 0 Å². The topological polar surface area (TPSA) is 189 Å². The standard InChI is InChI=1S/C58H61N11O4/c1-6-41-16-17-44-42(10-8-12-49(44)62-41)47-29-40(31-60)58(66-20-22-68(36(4)33-66)53(71)18-24-70)65-56(47)45-27-38(45)26-35(3)51-34-67(21-23-69(51)54(72)19-25-73-5)57-39(30-59)28-46(55(64-57)37-14-15-37)43-11-9-13-50-48(43)32-61-52(7-2)63-50/h6-13,16-17,28-29,32,35-38,45,51,70H,1-2,14-15,18-27,33-34H2,3-5H3/t35?,36-,38?,45?,51+/m1/s1. The molecule has 0 radical (unpaired) electrons. The summed E-state index contributed by atoms with van der Waals surface area (Å²) in [5, 5.41) is 32.9. The molecule has 2 aliphatic carbocycles. The molecule has 4 aliphatic rings. The zero-order valence-corrected chi connectivity index (χ0v) is 41.9. The monoisotopic (exact) mass is 975 g/mol. The number of fused-ring (bicyclic) bond motifs is 2. The molecule has 6 heterocycles. The number of methoxy groups -OCH3 is 1. The third-order valence-electron chi connectivity index (χ3n) is 15.4. The Kier molecular flexibility index (Phi) is 14.0. The van der Waals surface area contributed by atoms with Gasteiger partial charge in [-0.25, -0.2) is 24.9 Å². The number of piperazine rings is 2. The van der Waals surface area contributed by atoms with Crippen molar-refractivity contribution in [3.63, 3.8) is 0 Å². The van der Waals surface area contributed by atoms with Crippen LogP contribution in [0, 0.1) is 34.5 Å². The molecule has 5 atom stereocenters. The van der Waals surface area contributed by atoms with E-state index in [9.17, 15) is 25.2 Å². The van der Waals surface area contributed by atoms with Crippen LogP contribution >= 0.6 is 0 Å². The lowest BCUT2D eigenvalue weighted by atomic mass is 9.90. The van der Waals surface area contributed by atoms with E-state index in [0.29, 0.717) is 74.5 Å². The third-order valence-corrected chi connectivity index (χ3v) is 15.4. The van der Waals surface area contributed by atoms with E-state index < -0.39 is 0 Å². The van der Waals surface area contributed by atoms with Gasteiger partial charge in [-0.15, -0.1) is 0 Å². The fourth-order valence-corrected chi connectivity index (χ4v) is 11.4. The van der Waals surface area contributed by atoms with E-state index in [2.05, 4.69) is 65.2 Å². The minimum absolute atomic E-state index is 0.0446. The number of carbonyl (C=O) groups is 2. The van der Waals surface area contributed by atoms with E-state index in [1.807, 2.05) is 65.4 Å². The van der Waals surface area contributed by atoms with Gasteiger partial charge in [0, 0.05) is 98.8 Å². The largest absolute Gasteiger partial charge is 0.396 e. The van der Waals surface area contributed by atoms with E-state index in [0.717, 1.165) is 86.8 Å². The van der Waals surface area contributed by atoms with Crippen LogP contribution in [0.15, 0.2) is 80.0 Å². The summed E-state index contributed by atoms with van der Waals surface area (Å²) in [6.07, 6.45) is 9.28. The van der Waals surface area contributed by atoms with Gasteiger partial charge < -0.3 is 29.4 Å². The average Bonchev–Trinajstić information content (AvgIpc) is 4.38. The van der Waals surface area contributed by atoms with Gasteiger partial charge >= 0.3 is 0 Å². The number of nitrogens with zero attached hydrogens (tertiary/aromatic N) is 11. The molecular weight excluding hydrogens is 915 g/mol. The lowest BCUT2D eigenvalue weighted by Gasteiger charge is -2.45. The highest BCUT2D eigenvalue weighted by Gasteiger charge is 2.45. The Hall–Kier alpha value is -7.59. The van der Waals surface area contributed by atoms with Gasteiger partial charge in [-0.3, -0.25) is 9.59 Å².